The van der Waals surface area contributed by atoms with Crippen molar-refractivity contribution in [2.45, 2.75) is 18.0 Å². The highest BCUT2D eigenvalue weighted by atomic mass is 79.9. The third-order valence-corrected chi connectivity index (χ3v) is 6.70. The summed E-state index contributed by atoms with van der Waals surface area (Å²) in [6.45, 7) is 0. The lowest BCUT2D eigenvalue weighted by Crippen LogP contribution is -2.30. The second kappa shape index (κ2) is 9.27. The highest BCUT2D eigenvalue weighted by Crippen LogP contribution is 2.54. The standard InChI is InChI=1S/C23H18BrF2N2O4P/c24-20-14-15(11-12-19(20)23(25,26)33(29,30)31)13-18(16-7-3-1-4-8-16)21-27-22(32-28-21)17-9-5-2-6-10-17/h1-12,14,18H,13H2,(H2,29,30,31)/p-2. The second-order valence-electron chi connectivity index (χ2n) is 7.34. The van der Waals surface area contributed by atoms with Crippen LogP contribution >= 0.6 is 23.5 Å². The highest BCUT2D eigenvalue weighted by molar-refractivity contribution is 9.10. The minimum Gasteiger partial charge on any atom is -0.806 e. The maximum atomic E-state index is 14.1. The van der Waals surface area contributed by atoms with E-state index >= 15 is 0 Å². The smallest absolute Gasteiger partial charge is 0.297 e. The van der Waals surface area contributed by atoms with Crippen molar-refractivity contribution in [1.29, 1.82) is 0 Å². The first kappa shape index (κ1) is 23.4. The Morgan fingerprint density at radius 2 is 1.64 bits per heavy atom. The first-order chi connectivity index (χ1) is 15.7. The molecule has 0 aliphatic heterocycles. The number of hydrogen-bond acceptors (Lipinski definition) is 6. The van der Waals surface area contributed by atoms with Gasteiger partial charge in [0, 0.05) is 23.2 Å². The fraction of sp³-hybridized carbons (Fsp3) is 0.130. The summed E-state index contributed by atoms with van der Waals surface area (Å²) < 4.78 is 44.4. The zero-order valence-corrected chi connectivity index (χ0v) is 19.4. The summed E-state index contributed by atoms with van der Waals surface area (Å²) in [5.74, 6) is 0.398. The largest absolute Gasteiger partial charge is 0.806 e. The third kappa shape index (κ3) is 4.96. The molecule has 0 N–H and O–H groups in total. The molecule has 10 heteroatoms. The van der Waals surface area contributed by atoms with E-state index in [0.29, 0.717) is 23.7 Å². The average molecular weight is 533 g/mol. The van der Waals surface area contributed by atoms with E-state index in [1.165, 1.54) is 12.1 Å². The van der Waals surface area contributed by atoms with Crippen LogP contribution in [0.1, 0.15) is 28.4 Å². The van der Waals surface area contributed by atoms with Crippen LogP contribution in [-0.2, 0) is 16.6 Å². The number of halogens is 3. The van der Waals surface area contributed by atoms with E-state index in [2.05, 4.69) is 26.1 Å². The monoisotopic (exact) mass is 532 g/mol. The van der Waals surface area contributed by atoms with E-state index in [4.69, 9.17) is 4.52 Å². The van der Waals surface area contributed by atoms with Gasteiger partial charge in [-0.2, -0.15) is 13.8 Å². The minimum absolute atomic E-state index is 0.179. The van der Waals surface area contributed by atoms with Gasteiger partial charge in [-0.05, 0) is 35.7 Å². The van der Waals surface area contributed by atoms with Crippen LogP contribution in [0.2, 0.25) is 0 Å². The normalized spacial score (nSPS) is 13.1. The van der Waals surface area contributed by atoms with Gasteiger partial charge in [0.25, 0.3) is 11.6 Å². The molecule has 170 valence electrons. The van der Waals surface area contributed by atoms with Gasteiger partial charge in [-0.3, -0.25) is 0 Å². The van der Waals surface area contributed by atoms with Gasteiger partial charge in [0.2, 0.25) is 0 Å². The van der Waals surface area contributed by atoms with Crippen molar-refractivity contribution in [1.82, 2.24) is 10.1 Å². The van der Waals surface area contributed by atoms with E-state index < -0.39 is 18.8 Å². The summed E-state index contributed by atoms with van der Waals surface area (Å²) in [5.41, 5.74) is -3.18. The molecule has 6 nitrogen and oxygen atoms in total. The van der Waals surface area contributed by atoms with Gasteiger partial charge in [0.1, 0.15) is 0 Å². The van der Waals surface area contributed by atoms with Crippen molar-refractivity contribution in [3.63, 3.8) is 0 Å². The maximum Gasteiger partial charge on any atom is 0.297 e. The van der Waals surface area contributed by atoms with Crippen molar-refractivity contribution in [3.05, 3.63) is 106 Å². The molecule has 3 aromatic carbocycles. The molecule has 0 aliphatic carbocycles. The number of hydrogen-bond donors (Lipinski definition) is 0. The van der Waals surface area contributed by atoms with Crippen molar-refractivity contribution in [3.8, 4) is 11.5 Å². The van der Waals surface area contributed by atoms with E-state index in [1.807, 2.05) is 60.7 Å². The summed E-state index contributed by atoms with van der Waals surface area (Å²) in [6, 6.07) is 22.3. The Bertz CT molecular complexity index is 1300. The van der Waals surface area contributed by atoms with Crippen LogP contribution in [0.5, 0.6) is 0 Å². The highest BCUT2D eigenvalue weighted by Gasteiger charge is 2.38. The molecule has 1 heterocycles. The van der Waals surface area contributed by atoms with Gasteiger partial charge in [-0.25, -0.2) is 0 Å². The van der Waals surface area contributed by atoms with E-state index in [-0.39, 0.29) is 10.4 Å². The molecule has 0 saturated carbocycles. The fourth-order valence-electron chi connectivity index (χ4n) is 3.43. The molecule has 33 heavy (non-hydrogen) atoms. The lowest BCUT2D eigenvalue weighted by atomic mass is 9.91. The predicted molar refractivity (Wildman–Crippen MR) is 117 cm³/mol. The Kier molecular flexibility index (Phi) is 6.59. The Morgan fingerprint density at radius 1 is 1.00 bits per heavy atom. The lowest BCUT2D eigenvalue weighted by molar-refractivity contribution is -0.335. The van der Waals surface area contributed by atoms with Gasteiger partial charge in [0.05, 0.1) is 5.92 Å². The average Bonchev–Trinajstić information content (AvgIpc) is 3.28. The Morgan fingerprint density at radius 3 is 2.24 bits per heavy atom. The molecule has 1 unspecified atom stereocenters. The molecule has 0 fully saturated rings. The van der Waals surface area contributed by atoms with Crippen LogP contribution in [-0.4, -0.2) is 10.1 Å². The number of alkyl halides is 2. The molecule has 0 amide bonds. The second-order valence-corrected chi connectivity index (χ2v) is 9.76. The molecule has 1 atom stereocenters. The molecule has 0 saturated heterocycles. The Balaban J connectivity index is 1.69. The molecule has 1 aromatic heterocycles. The van der Waals surface area contributed by atoms with Gasteiger partial charge >= 0.3 is 0 Å². The lowest BCUT2D eigenvalue weighted by Gasteiger charge is -2.38. The molecule has 0 spiro atoms. The molecule has 4 aromatic rings. The van der Waals surface area contributed by atoms with Crippen molar-refractivity contribution in [2.75, 3.05) is 0 Å². The summed E-state index contributed by atoms with van der Waals surface area (Å²) in [6.07, 6.45) is 0.314. The molecule has 0 radical (unpaired) electrons. The van der Waals surface area contributed by atoms with Crippen molar-refractivity contribution in [2.24, 2.45) is 0 Å². The van der Waals surface area contributed by atoms with E-state index in [9.17, 15) is 23.1 Å². The summed E-state index contributed by atoms with van der Waals surface area (Å²) in [4.78, 5) is 26.6. The topological polar surface area (TPSA) is 102 Å². The van der Waals surface area contributed by atoms with Gasteiger partial charge in [0.15, 0.2) is 5.82 Å². The van der Waals surface area contributed by atoms with Crippen LogP contribution in [0.3, 0.4) is 0 Å². The SMILES string of the molecule is O=P([O-])([O-])C(F)(F)c1ccc(CC(c2ccccc2)c2noc(-c3ccccc3)n2)cc1Br. The minimum atomic E-state index is -6.18. The first-order valence-electron chi connectivity index (χ1n) is 9.79. The molecule has 0 bridgehead atoms. The fourth-order valence-corrected chi connectivity index (χ4v) is 4.75. The molecular formula is C23H16BrF2N2O4P-2. The van der Waals surface area contributed by atoms with Gasteiger partial charge in [-0.1, -0.05) is 81.8 Å². The first-order valence-corrected chi connectivity index (χ1v) is 12.1. The van der Waals surface area contributed by atoms with Crippen molar-refractivity contribution >= 4 is 23.5 Å². The Hall–Kier alpha value is -2.71. The number of benzene rings is 3. The molecular weight excluding hydrogens is 517 g/mol. The van der Waals surface area contributed by atoms with Crippen LogP contribution < -0.4 is 9.79 Å². The number of nitrogens with zero attached hydrogens (tertiary/aromatic N) is 2. The molecule has 4 rings (SSSR count). The number of rotatable bonds is 7. The summed E-state index contributed by atoms with van der Waals surface area (Å²) in [5, 5.41) is 4.14. The van der Waals surface area contributed by atoms with Gasteiger partial charge < -0.3 is 18.9 Å². The summed E-state index contributed by atoms with van der Waals surface area (Å²) >= 11 is 2.98. The number of aromatic nitrogens is 2. The Labute approximate surface area is 196 Å². The maximum absolute atomic E-state index is 14.1. The van der Waals surface area contributed by atoms with Crippen LogP contribution in [0.15, 0.2) is 87.9 Å². The van der Waals surface area contributed by atoms with Crippen LogP contribution in [0, 0.1) is 0 Å². The van der Waals surface area contributed by atoms with Gasteiger partial charge in [-0.15, -0.1) is 0 Å². The zero-order valence-electron chi connectivity index (χ0n) is 16.9. The van der Waals surface area contributed by atoms with Crippen molar-refractivity contribution < 1.29 is 27.7 Å². The van der Waals surface area contributed by atoms with Crippen LogP contribution in [0.25, 0.3) is 11.5 Å². The predicted octanol–water partition coefficient (Wildman–Crippen LogP) is 4.84. The van der Waals surface area contributed by atoms with E-state index in [1.54, 1.807) is 0 Å². The molecule has 0 aliphatic rings. The van der Waals surface area contributed by atoms with Crippen LogP contribution in [0.4, 0.5) is 8.78 Å². The quantitative estimate of drug-likeness (QED) is 0.315. The van der Waals surface area contributed by atoms with E-state index in [0.717, 1.165) is 17.2 Å². The summed E-state index contributed by atoms with van der Waals surface area (Å²) in [7, 11) is -6.18. The zero-order chi connectivity index (χ0) is 23.6. The third-order valence-electron chi connectivity index (χ3n) is 5.12.